The van der Waals surface area contributed by atoms with E-state index in [1.54, 1.807) is 42.5 Å². The topological polar surface area (TPSA) is 107 Å². The minimum atomic E-state index is -3.71. The summed E-state index contributed by atoms with van der Waals surface area (Å²) in [5.74, 6) is 1.10. The molecule has 36 heavy (non-hydrogen) atoms. The molecule has 0 radical (unpaired) electrons. The molecule has 0 saturated heterocycles. The van der Waals surface area contributed by atoms with Crippen molar-refractivity contribution in [1.82, 2.24) is 5.43 Å². The molecule has 0 saturated carbocycles. The molecule has 3 rings (SSSR count). The Morgan fingerprint density at radius 1 is 1.00 bits per heavy atom. The van der Waals surface area contributed by atoms with E-state index in [0.29, 0.717) is 41.7 Å². The Balaban J connectivity index is 1.61. The lowest BCUT2D eigenvalue weighted by Gasteiger charge is -2.21. The van der Waals surface area contributed by atoms with E-state index in [-0.39, 0.29) is 0 Å². The van der Waals surface area contributed by atoms with E-state index in [2.05, 4.69) is 10.5 Å². The summed E-state index contributed by atoms with van der Waals surface area (Å²) in [5.41, 5.74) is 4.39. The van der Waals surface area contributed by atoms with Crippen molar-refractivity contribution in [3.8, 4) is 17.2 Å². The average Bonchev–Trinajstić information content (AvgIpc) is 2.87. The predicted octanol–water partition coefficient (Wildman–Crippen LogP) is 3.59. The van der Waals surface area contributed by atoms with Crippen LogP contribution in [0.2, 0.25) is 0 Å². The Kier molecular flexibility index (Phi) is 9.29. The van der Waals surface area contributed by atoms with Gasteiger partial charge < -0.3 is 14.2 Å². The molecule has 0 fully saturated rings. The van der Waals surface area contributed by atoms with E-state index in [0.717, 1.165) is 16.1 Å². The van der Waals surface area contributed by atoms with Crippen LogP contribution in [-0.4, -0.2) is 47.1 Å². The molecule has 0 spiro atoms. The lowest BCUT2D eigenvalue weighted by molar-refractivity contribution is -0.119. The molecule has 0 aliphatic carbocycles. The zero-order valence-electron chi connectivity index (χ0n) is 20.4. The third-order valence-electron chi connectivity index (χ3n) is 4.95. The van der Waals surface area contributed by atoms with Crippen LogP contribution < -0.4 is 23.9 Å². The van der Waals surface area contributed by atoms with E-state index >= 15 is 0 Å². The maximum Gasteiger partial charge on any atom is 0.260 e. The van der Waals surface area contributed by atoms with Crippen molar-refractivity contribution in [3.05, 3.63) is 83.9 Å². The second kappa shape index (κ2) is 12.6. The molecule has 0 aromatic heterocycles. The van der Waals surface area contributed by atoms with E-state index in [1.165, 1.54) is 13.3 Å². The summed E-state index contributed by atoms with van der Waals surface area (Å²) in [4.78, 5) is 12.4. The fourth-order valence-electron chi connectivity index (χ4n) is 3.24. The number of sulfonamides is 1. The van der Waals surface area contributed by atoms with Crippen molar-refractivity contribution in [2.24, 2.45) is 5.10 Å². The van der Waals surface area contributed by atoms with E-state index in [9.17, 15) is 13.2 Å². The number of hydrazone groups is 1. The third kappa shape index (κ3) is 7.74. The normalized spacial score (nSPS) is 11.2. The molecular formula is C26H29N3O6S. The molecule has 1 amide bonds. The van der Waals surface area contributed by atoms with Gasteiger partial charge in [-0.1, -0.05) is 30.3 Å². The molecule has 0 aliphatic rings. The number of ether oxygens (including phenoxy) is 3. The first-order valence-electron chi connectivity index (χ1n) is 11.2. The van der Waals surface area contributed by atoms with Crippen LogP contribution in [0, 0.1) is 0 Å². The van der Waals surface area contributed by atoms with E-state index in [1.807, 2.05) is 37.3 Å². The van der Waals surface area contributed by atoms with Crippen LogP contribution in [0.4, 0.5) is 5.69 Å². The maximum absolute atomic E-state index is 12.4. The van der Waals surface area contributed by atoms with Crippen molar-refractivity contribution in [1.29, 1.82) is 0 Å². The zero-order chi connectivity index (χ0) is 26.0. The fraction of sp³-hybridized carbons (Fsp3) is 0.231. The van der Waals surface area contributed by atoms with Gasteiger partial charge in [0, 0.05) is 0 Å². The van der Waals surface area contributed by atoms with E-state index in [4.69, 9.17) is 14.2 Å². The van der Waals surface area contributed by atoms with Crippen LogP contribution in [0.1, 0.15) is 18.1 Å². The van der Waals surface area contributed by atoms with Crippen molar-refractivity contribution >= 4 is 27.8 Å². The monoisotopic (exact) mass is 511 g/mol. The lowest BCUT2D eigenvalue weighted by atomic mass is 10.2. The molecule has 0 heterocycles. The number of carbonyl (C=O) groups excluding carboxylic acids is 1. The Bertz CT molecular complexity index is 1280. The Labute approximate surface area is 211 Å². The molecular weight excluding hydrogens is 482 g/mol. The highest BCUT2D eigenvalue weighted by Gasteiger charge is 2.20. The molecule has 3 aromatic rings. The van der Waals surface area contributed by atoms with Gasteiger partial charge in [0.15, 0.2) is 11.5 Å². The van der Waals surface area contributed by atoms with Crippen molar-refractivity contribution in [2.45, 2.75) is 13.5 Å². The summed E-state index contributed by atoms with van der Waals surface area (Å²) in [7, 11) is -2.17. The summed E-state index contributed by atoms with van der Waals surface area (Å²) in [5, 5.41) is 3.95. The largest absolute Gasteiger partial charge is 0.494 e. The number of hydrogen-bond donors (Lipinski definition) is 1. The van der Waals surface area contributed by atoms with Crippen LogP contribution >= 0.6 is 0 Å². The van der Waals surface area contributed by atoms with Gasteiger partial charge >= 0.3 is 0 Å². The van der Waals surface area contributed by atoms with Crippen LogP contribution in [0.3, 0.4) is 0 Å². The lowest BCUT2D eigenvalue weighted by Crippen LogP contribution is -2.39. The summed E-state index contributed by atoms with van der Waals surface area (Å²) in [6.45, 7) is 2.31. The number of rotatable bonds is 12. The summed E-state index contributed by atoms with van der Waals surface area (Å²) in [6.07, 6.45) is 2.47. The zero-order valence-corrected chi connectivity index (χ0v) is 21.2. The first-order valence-corrected chi connectivity index (χ1v) is 13.0. The fourth-order valence-corrected chi connectivity index (χ4v) is 4.10. The molecule has 3 aromatic carbocycles. The van der Waals surface area contributed by atoms with Gasteiger partial charge in [0.05, 0.1) is 31.9 Å². The number of carbonyl (C=O) groups is 1. The van der Waals surface area contributed by atoms with Gasteiger partial charge in [-0.2, -0.15) is 5.10 Å². The summed E-state index contributed by atoms with van der Waals surface area (Å²) < 4.78 is 42.2. The number of nitrogens with one attached hydrogen (secondary N) is 1. The molecule has 190 valence electrons. The standard InChI is InChI=1S/C26H29N3O6S/c1-4-34-23-13-11-22(12-14-23)29(36(3,31)32)18-26(30)28-27-17-21-10-15-24(25(16-21)33-2)35-19-20-8-6-5-7-9-20/h5-17H,4,18-19H2,1-3H3,(H,28,30)/b27-17-. The number of anilines is 1. The quantitative estimate of drug-likeness (QED) is 0.294. The van der Waals surface area contributed by atoms with Crippen LogP contribution in [0.25, 0.3) is 0 Å². The molecule has 0 unspecified atom stereocenters. The highest BCUT2D eigenvalue weighted by Crippen LogP contribution is 2.28. The second-order valence-corrected chi connectivity index (χ2v) is 9.58. The van der Waals surface area contributed by atoms with Crippen molar-refractivity contribution in [3.63, 3.8) is 0 Å². The third-order valence-corrected chi connectivity index (χ3v) is 6.09. The minimum Gasteiger partial charge on any atom is -0.494 e. The highest BCUT2D eigenvalue weighted by molar-refractivity contribution is 7.92. The van der Waals surface area contributed by atoms with Crippen LogP contribution in [-0.2, 0) is 21.4 Å². The summed E-state index contributed by atoms with van der Waals surface area (Å²) in [6, 6.07) is 21.5. The molecule has 0 aliphatic heterocycles. The maximum atomic E-state index is 12.4. The molecule has 1 N–H and O–H groups in total. The highest BCUT2D eigenvalue weighted by atomic mass is 32.2. The van der Waals surface area contributed by atoms with Gasteiger partial charge in [-0.25, -0.2) is 13.8 Å². The SMILES string of the molecule is CCOc1ccc(N(CC(=O)N/N=C\c2ccc(OCc3ccccc3)c(OC)c2)S(C)(=O)=O)cc1. The predicted molar refractivity (Wildman–Crippen MR) is 139 cm³/mol. The van der Waals surface area contributed by atoms with E-state index < -0.39 is 22.5 Å². The Hall–Kier alpha value is -4.05. The molecule has 0 atom stereocenters. The Morgan fingerprint density at radius 3 is 2.36 bits per heavy atom. The number of amides is 1. The van der Waals surface area contributed by atoms with Gasteiger partial charge in [-0.05, 0) is 60.5 Å². The van der Waals surface area contributed by atoms with Crippen LogP contribution in [0.5, 0.6) is 17.2 Å². The van der Waals surface area contributed by atoms with Gasteiger partial charge in [-0.15, -0.1) is 0 Å². The number of hydrogen-bond acceptors (Lipinski definition) is 7. The van der Waals surface area contributed by atoms with Gasteiger partial charge in [0.1, 0.15) is 18.9 Å². The minimum absolute atomic E-state index is 0.343. The van der Waals surface area contributed by atoms with Gasteiger partial charge in [-0.3, -0.25) is 9.10 Å². The Morgan fingerprint density at radius 2 is 1.72 bits per heavy atom. The van der Waals surface area contributed by atoms with Crippen molar-refractivity contribution < 1.29 is 27.4 Å². The number of nitrogens with zero attached hydrogens (tertiary/aromatic N) is 2. The summed E-state index contributed by atoms with van der Waals surface area (Å²) >= 11 is 0. The number of benzene rings is 3. The smallest absolute Gasteiger partial charge is 0.260 e. The molecule has 9 nitrogen and oxygen atoms in total. The number of methoxy groups -OCH3 is 1. The first-order chi connectivity index (χ1) is 17.3. The molecule has 10 heteroatoms. The average molecular weight is 512 g/mol. The second-order valence-electron chi connectivity index (χ2n) is 7.67. The van der Waals surface area contributed by atoms with Crippen molar-refractivity contribution in [2.75, 3.05) is 30.8 Å². The molecule has 0 bridgehead atoms. The first kappa shape index (κ1) is 26.6. The van der Waals surface area contributed by atoms with Crippen LogP contribution in [0.15, 0.2) is 77.9 Å². The van der Waals surface area contributed by atoms with Gasteiger partial charge in [0.2, 0.25) is 10.0 Å². The van der Waals surface area contributed by atoms with Gasteiger partial charge in [0.25, 0.3) is 5.91 Å².